The molecule has 8 nitrogen and oxygen atoms in total. The zero-order valence-corrected chi connectivity index (χ0v) is 34.0. The Morgan fingerprint density at radius 1 is 0.558 bits per heavy atom. The van der Waals surface area contributed by atoms with Gasteiger partial charge in [-0.2, -0.15) is 0 Å². The SMILES string of the molecule is CCCCCCCCCCCCCCCC(=O)OC[C@H](O)[C@H]1OC(=O)C(O)=C1O.CCCCCCCCCCCCCCCCCCCCCCO. The fraction of sp³-hybridized carbons (Fsp3) is 0.909. The summed E-state index contributed by atoms with van der Waals surface area (Å²) in [5, 5.41) is 37.2. The lowest BCUT2D eigenvalue weighted by atomic mass is 10.0. The van der Waals surface area contributed by atoms with Crippen molar-refractivity contribution in [1.29, 1.82) is 0 Å². The molecule has 0 aromatic heterocycles. The molecule has 0 fully saturated rings. The first-order valence-electron chi connectivity index (χ1n) is 22.2. The molecule has 0 bridgehead atoms. The van der Waals surface area contributed by atoms with E-state index in [2.05, 4.69) is 18.6 Å². The minimum atomic E-state index is -1.42. The largest absolute Gasteiger partial charge is 0.505 e. The van der Waals surface area contributed by atoms with E-state index in [-0.39, 0.29) is 6.42 Å². The summed E-state index contributed by atoms with van der Waals surface area (Å²) >= 11 is 0. The van der Waals surface area contributed by atoms with Gasteiger partial charge in [0.1, 0.15) is 12.7 Å². The van der Waals surface area contributed by atoms with Crippen LogP contribution in [0.4, 0.5) is 0 Å². The van der Waals surface area contributed by atoms with Gasteiger partial charge in [0.05, 0.1) is 0 Å². The van der Waals surface area contributed by atoms with E-state index in [0.29, 0.717) is 6.61 Å². The van der Waals surface area contributed by atoms with Crippen LogP contribution in [0.1, 0.15) is 232 Å². The maximum absolute atomic E-state index is 11.7. The second kappa shape index (κ2) is 38.9. The normalized spacial score (nSPS) is 14.7. The summed E-state index contributed by atoms with van der Waals surface area (Å²) in [7, 11) is 0. The van der Waals surface area contributed by atoms with Crippen molar-refractivity contribution in [3.05, 3.63) is 11.5 Å². The van der Waals surface area contributed by atoms with Crippen LogP contribution in [-0.4, -0.2) is 57.8 Å². The predicted octanol–water partition coefficient (Wildman–Crippen LogP) is 12.4. The van der Waals surface area contributed by atoms with Crippen molar-refractivity contribution in [2.45, 2.75) is 244 Å². The summed E-state index contributed by atoms with van der Waals surface area (Å²) in [5.41, 5.74) is 0. The van der Waals surface area contributed by atoms with Gasteiger partial charge < -0.3 is 29.9 Å². The maximum atomic E-state index is 11.7. The number of aliphatic hydroxyl groups excluding tert-OH is 4. The van der Waals surface area contributed by atoms with E-state index >= 15 is 0 Å². The molecule has 0 unspecified atom stereocenters. The highest BCUT2D eigenvalue weighted by Gasteiger charge is 2.39. The molecule has 0 aromatic rings. The van der Waals surface area contributed by atoms with Crippen LogP contribution in [0.3, 0.4) is 0 Å². The molecule has 1 heterocycles. The quantitative estimate of drug-likeness (QED) is 0.0365. The Balaban J connectivity index is 0.00000103. The molecule has 0 saturated heterocycles. The number of hydrogen-bond acceptors (Lipinski definition) is 8. The lowest BCUT2D eigenvalue weighted by molar-refractivity contribution is -0.154. The van der Waals surface area contributed by atoms with Gasteiger partial charge in [-0.1, -0.05) is 213 Å². The first-order chi connectivity index (χ1) is 25.4. The predicted molar refractivity (Wildman–Crippen MR) is 215 cm³/mol. The Morgan fingerprint density at radius 3 is 1.15 bits per heavy atom. The first kappa shape index (κ1) is 50.2. The number of carbonyl (C=O) groups is 2. The summed E-state index contributed by atoms with van der Waals surface area (Å²) in [5.74, 6) is -3.21. The maximum Gasteiger partial charge on any atom is 0.377 e. The van der Waals surface area contributed by atoms with Crippen molar-refractivity contribution >= 4 is 11.9 Å². The van der Waals surface area contributed by atoms with Crippen molar-refractivity contribution in [1.82, 2.24) is 0 Å². The van der Waals surface area contributed by atoms with Crippen LogP contribution in [0.2, 0.25) is 0 Å². The van der Waals surface area contributed by atoms with Crippen LogP contribution in [0.5, 0.6) is 0 Å². The number of aliphatic hydroxyl groups is 4. The van der Waals surface area contributed by atoms with Gasteiger partial charge >= 0.3 is 11.9 Å². The summed E-state index contributed by atoms with van der Waals surface area (Å²) in [6.07, 6.45) is 41.5. The second-order valence-electron chi connectivity index (χ2n) is 15.2. The number of rotatable bonds is 37. The van der Waals surface area contributed by atoms with E-state index < -0.39 is 42.3 Å². The lowest BCUT2D eigenvalue weighted by Crippen LogP contribution is -2.33. The Bertz CT molecular complexity index is 809. The molecule has 0 radical (unpaired) electrons. The number of hydrogen-bond donors (Lipinski definition) is 4. The molecule has 0 amide bonds. The highest BCUT2D eigenvalue weighted by molar-refractivity contribution is 5.89. The average Bonchev–Trinajstić information content (AvgIpc) is 3.40. The molecule has 8 heteroatoms. The molecule has 1 rings (SSSR count). The van der Waals surface area contributed by atoms with Crippen LogP contribution in [0, 0.1) is 0 Å². The molecular weight excluding hydrogens is 656 g/mol. The Morgan fingerprint density at radius 2 is 0.865 bits per heavy atom. The van der Waals surface area contributed by atoms with Gasteiger partial charge in [0.2, 0.25) is 5.76 Å². The van der Waals surface area contributed by atoms with E-state index in [1.165, 1.54) is 186 Å². The summed E-state index contributed by atoms with van der Waals surface area (Å²) in [6, 6.07) is 0. The number of unbranched alkanes of at least 4 members (excludes halogenated alkanes) is 31. The van der Waals surface area contributed by atoms with Gasteiger partial charge in [-0.15, -0.1) is 0 Å². The number of cyclic esters (lactones) is 1. The molecule has 0 aromatic carbocycles. The van der Waals surface area contributed by atoms with Crippen molar-refractivity contribution < 1.29 is 39.5 Å². The fourth-order valence-electron chi connectivity index (χ4n) is 6.72. The fourth-order valence-corrected chi connectivity index (χ4v) is 6.72. The topological polar surface area (TPSA) is 134 Å². The van der Waals surface area contributed by atoms with Gasteiger partial charge in [-0.25, -0.2) is 4.79 Å². The smallest absolute Gasteiger partial charge is 0.377 e. The molecule has 0 spiro atoms. The van der Waals surface area contributed by atoms with Gasteiger partial charge in [-0.3, -0.25) is 4.79 Å². The van der Waals surface area contributed by atoms with Crippen LogP contribution < -0.4 is 0 Å². The molecule has 0 aliphatic carbocycles. The van der Waals surface area contributed by atoms with Gasteiger partial charge in [0.15, 0.2) is 11.9 Å². The Labute approximate surface area is 319 Å². The monoisotopic (exact) mass is 741 g/mol. The Kier molecular flexibility index (Phi) is 37.6. The van der Waals surface area contributed by atoms with E-state index in [1.54, 1.807) is 0 Å². The highest BCUT2D eigenvalue weighted by Crippen LogP contribution is 2.22. The van der Waals surface area contributed by atoms with Gasteiger partial charge in [0.25, 0.3) is 0 Å². The van der Waals surface area contributed by atoms with Crippen molar-refractivity contribution in [2.24, 2.45) is 0 Å². The molecule has 4 N–H and O–H groups in total. The highest BCUT2D eigenvalue weighted by atomic mass is 16.6. The minimum absolute atomic E-state index is 0.266. The average molecular weight is 741 g/mol. The van der Waals surface area contributed by atoms with Crippen molar-refractivity contribution in [3.63, 3.8) is 0 Å². The molecule has 1 aliphatic rings. The molecule has 2 atom stereocenters. The molecule has 0 saturated carbocycles. The third-order valence-corrected chi connectivity index (χ3v) is 10.2. The lowest BCUT2D eigenvalue weighted by Gasteiger charge is -2.17. The zero-order valence-electron chi connectivity index (χ0n) is 34.0. The van der Waals surface area contributed by atoms with Crippen molar-refractivity contribution in [2.75, 3.05) is 13.2 Å². The van der Waals surface area contributed by atoms with E-state index in [1.807, 2.05) is 0 Å². The van der Waals surface area contributed by atoms with E-state index in [9.17, 15) is 24.9 Å². The van der Waals surface area contributed by atoms with E-state index in [0.717, 1.165) is 25.7 Å². The summed E-state index contributed by atoms with van der Waals surface area (Å²) in [6.45, 7) is 4.49. The Hall–Kier alpha value is -1.80. The molecule has 308 valence electrons. The molecule has 52 heavy (non-hydrogen) atoms. The number of carbonyl (C=O) groups excluding carboxylic acids is 2. The molecular formula is C44H84O8. The summed E-state index contributed by atoms with van der Waals surface area (Å²) < 4.78 is 9.55. The van der Waals surface area contributed by atoms with Crippen molar-refractivity contribution in [3.8, 4) is 0 Å². The molecule has 1 aliphatic heterocycles. The van der Waals surface area contributed by atoms with Crippen LogP contribution in [0.15, 0.2) is 11.5 Å². The van der Waals surface area contributed by atoms with Crippen LogP contribution in [0.25, 0.3) is 0 Å². The van der Waals surface area contributed by atoms with Crippen LogP contribution >= 0.6 is 0 Å². The standard InChI is InChI=1S/C22H38O7.C22H46O/c1-2-3-4-5-6-7-8-9-10-11-12-13-14-15-18(24)28-16-17(23)21-19(25)20(26)22(27)29-21;1-2-3-4-5-6-7-8-9-10-11-12-13-14-15-16-17-18-19-20-21-22-23/h17,21,23,25-26H,2-16H2,1H3;23H,2-22H2,1H3/t17-,21+;/m0./s1. The third-order valence-electron chi connectivity index (χ3n) is 10.2. The first-order valence-corrected chi connectivity index (χ1v) is 22.2. The minimum Gasteiger partial charge on any atom is -0.505 e. The zero-order chi connectivity index (χ0) is 38.3. The number of ether oxygens (including phenoxy) is 2. The van der Waals surface area contributed by atoms with Crippen LogP contribution in [-0.2, 0) is 19.1 Å². The van der Waals surface area contributed by atoms with Gasteiger partial charge in [-0.05, 0) is 12.8 Å². The third kappa shape index (κ3) is 31.7. The summed E-state index contributed by atoms with van der Waals surface area (Å²) in [4.78, 5) is 22.8. The van der Waals surface area contributed by atoms with E-state index in [4.69, 9.17) is 9.84 Å². The van der Waals surface area contributed by atoms with Gasteiger partial charge in [0, 0.05) is 13.0 Å². The second-order valence-corrected chi connectivity index (χ2v) is 15.2. The number of esters is 2.